The molecule has 30 heavy (non-hydrogen) atoms. The van der Waals surface area contributed by atoms with E-state index in [-0.39, 0.29) is 22.3 Å². The van der Waals surface area contributed by atoms with Crippen molar-refractivity contribution in [3.63, 3.8) is 0 Å². The Morgan fingerprint density at radius 1 is 1.00 bits per heavy atom. The summed E-state index contributed by atoms with van der Waals surface area (Å²) in [6.07, 6.45) is -5.84. The summed E-state index contributed by atoms with van der Waals surface area (Å²) < 4.78 is 50.4. The zero-order valence-electron chi connectivity index (χ0n) is 15.1. The average molecular weight is 480 g/mol. The second-order valence-electron chi connectivity index (χ2n) is 6.17. The zero-order valence-corrected chi connectivity index (χ0v) is 17.3. The van der Waals surface area contributed by atoms with Gasteiger partial charge < -0.3 is 14.6 Å². The fourth-order valence-electron chi connectivity index (χ4n) is 2.67. The highest BCUT2D eigenvalue weighted by Gasteiger charge is 2.36. The molecule has 0 aromatic heterocycles. The molecule has 0 aliphatic carbocycles. The zero-order chi connectivity index (χ0) is 22.2. The normalized spacial score (nSPS) is 12.6. The lowest BCUT2D eigenvalue weighted by molar-refractivity contribution is -0.144. The van der Waals surface area contributed by atoms with Gasteiger partial charge in [0.2, 0.25) is 0 Å². The molecule has 0 radical (unpaired) electrons. The van der Waals surface area contributed by atoms with Crippen molar-refractivity contribution in [3.8, 4) is 17.2 Å². The molecule has 1 N–H and O–H groups in total. The highest BCUT2D eigenvalue weighted by atomic mass is 35.5. The minimum Gasteiger partial charge on any atom is -0.479 e. The van der Waals surface area contributed by atoms with Crippen molar-refractivity contribution in [1.82, 2.24) is 0 Å². The molecule has 3 aromatic carbocycles. The second-order valence-corrected chi connectivity index (χ2v) is 7.33. The van der Waals surface area contributed by atoms with Crippen LogP contribution in [0.2, 0.25) is 15.1 Å². The third-order valence-electron chi connectivity index (χ3n) is 4.13. The molecule has 3 rings (SSSR count). The van der Waals surface area contributed by atoms with Gasteiger partial charge in [-0.25, -0.2) is 4.79 Å². The van der Waals surface area contributed by atoms with Crippen molar-refractivity contribution in [2.24, 2.45) is 0 Å². The van der Waals surface area contributed by atoms with Gasteiger partial charge in [-0.05, 0) is 25.1 Å². The Balaban J connectivity index is 2.07. The van der Waals surface area contributed by atoms with Crippen LogP contribution in [0.15, 0.2) is 42.5 Å². The molecule has 0 saturated carbocycles. The maximum absolute atomic E-state index is 13.1. The topological polar surface area (TPSA) is 55.8 Å². The smallest absolute Gasteiger partial charge is 0.417 e. The van der Waals surface area contributed by atoms with E-state index >= 15 is 0 Å². The Labute approximate surface area is 183 Å². The lowest BCUT2D eigenvalue weighted by Crippen LogP contribution is -2.22. The van der Waals surface area contributed by atoms with Crippen LogP contribution in [0, 0.1) is 0 Å². The van der Waals surface area contributed by atoms with Crippen LogP contribution in [0.1, 0.15) is 12.5 Å². The molecule has 0 fully saturated rings. The Morgan fingerprint density at radius 3 is 2.13 bits per heavy atom. The number of alkyl halides is 3. The van der Waals surface area contributed by atoms with Gasteiger partial charge >= 0.3 is 12.1 Å². The van der Waals surface area contributed by atoms with Crippen LogP contribution >= 0.6 is 34.8 Å². The lowest BCUT2D eigenvalue weighted by atomic mass is 10.1. The van der Waals surface area contributed by atoms with Crippen LogP contribution in [0.5, 0.6) is 17.2 Å². The predicted molar refractivity (Wildman–Crippen MR) is 108 cm³/mol. The Bertz CT molecular complexity index is 1130. The van der Waals surface area contributed by atoms with E-state index < -0.39 is 33.9 Å². The molecular weight excluding hydrogens is 468 g/mol. The van der Waals surface area contributed by atoms with Crippen LogP contribution in [0.4, 0.5) is 13.2 Å². The number of carbonyl (C=O) groups is 1. The van der Waals surface area contributed by atoms with E-state index in [4.69, 9.17) is 49.4 Å². The van der Waals surface area contributed by atoms with Gasteiger partial charge in [-0.1, -0.05) is 59.1 Å². The number of hydrogen-bond acceptors (Lipinski definition) is 3. The number of carboxylic acid groups (broad SMARTS) is 1. The molecule has 0 heterocycles. The highest BCUT2D eigenvalue weighted by molar-refractivity contribution is 6.45. The Morgan fingerprint density at radius 2 is 1.57 bits per heavy atom. The molecule has 0 spiro atoms. The number of hydrogen-bond donors (Lipinski definition) is 1. The quantitative estimate of drug-likeness (QED) is 0.386. The van der Waals surface area contributed by atoms with Crippen molar-refractivity contribution >= 4 is 51.5 Å². The van der Waals surface area contributed by atoms with E-state index in [1.165, 1.54) is 6.92 Å². The summed E-state index contributed by atoms with van der Waals surface area (Å²) >= 11 is 17.8. The van der Waals surface area contributed by atoms with E-state index in [1.807, 2.05) is 0 Å². The van der Waals surface area contributed by atoms with Gasteiger partial charge in [0.25, 0.3) is 0 Å². The first-order valence-corrected chi connectivity index (χ1v) is 9.48. The minimum atomic E-state index is -4.74. The van der Waals surface area contributed by atoms with Gasteiger partial charge in [-0.15, -0.1) is 0 Å². The summed E-state index contributed by atoms with van der Waals surface area (Å²) in [7, 11) is 0. The van der Waals surface area contributed by atoms with E-state index in [2.05, 4.69) is 0 Å². The fraction of sp³-hybridized carbons (Fsp3) is 0.150. The molecular formula is C20H12Cl3F3O4. The van der Waals surface area contributed by atoms with Gasteiger partial charge in [-0.2, -0.15) is 13.2 Å². The molecule has 10 heteroatoms. The summed E-state index contributed by atoms with van der Waals surface area (Å²) in [5.41, 5.74) is -1.18. The number of rotatable bonds is 5. The monoisotopic (exact) mass is 478 g/mol. The van der Waals surface area contributed by atoms with Crippen molar-refractivity contribution < 1.29 is 32.5 Å². The molecule has 4 nitrogen and oxygen atoms in total. The number of fused-ring (bicyclic) bond motifs is 1. The first-order valence-electron chi connectivity index (χ1n) is 8.34. The first-order chi connectivity index (χ1) is 14.0. The number of halogens is 6. The molecule has 0 saturated heterocycles. The van der Waals surface area contributed by atoms with Crippen molar-refractivity contribution in [2.45, 2.75) is 19.2 Å². The van der Waals surface area contributed by atoms with Crippen LogP contribution in [0.25, 0.3) is 10.8 Å². The SMILES string of the molecule is CC(Oc1cccc2c(Oc3c(Cl)cc(C(F)(F)F)c(Cl)c3Cl)cccc12)C(=O)O. The van der Waals surface area contributed by atoms with Crippen LogP contribution in [0.3, 0.4) is 0 Å². The van der Waals surface area contributed by atoms with Crippen molar-refractivity contribution in [2.75, 3.05) is 0 Å². The summed E-state index contributed by atoms with van der Waals surface area (Å²) in [5, 5.41) is 8.48. The Kier molecular flexibility index (Phi) is 6.26. The average Bonchev–Trinajstić information content (AvgIpc) is 2.67. The van der Waals surface area contributed by atoms with E-state index in [0.717, 1.165) is 0 Å². The molecule has 0 amide bonds. The molecule has 0 bridgehead atoms. The lowest BCUT2D eigenvalue weighted by Gasteiger charge is -2.17. The van der Waals surface area contributed by atoms with Crippen molar-refractivity contribution in [1.29, 1.82) is 0 Å². The number of benzene rings is 3. The van der Waals surface area contributed by atoms with Gasteiger partial charge in [0, 0.05) is 10.8 Å². The van der Waals surface area contributed by atoms with E-state index in [9.17, 15) is 18.0 Å². The van der Waals surface area contributed by atoms with Crippen LogP contribution < -0.4 is 9.47 Å². The van der Waals surface area contributed by atoms with Crippen molar-refractivity contribution in [3.05, 3.63) is 63.1 Å². The van der Waals surface area contributed by atoms with E-state index in [0.29, 0.717) is 16.8 Å². The van der Waals surface area contributed by atoms with Crippen LogP contribution in [-0.4, -0.2) is 17.2 Å². The summed E-state index contributed by atoms with van der Waals surface area (Å²) in [4.78, 5) is 11.1. The molecule has 3 aromatic rings. The number of aliphatic carboxylic acids is 1. The Hall–Kier alpha value is -2.35. The predicted octanol–water partition coefficient (Wildman–Crippen LogP) is 7.46. The van der Waals surface area contributed by atoms with Gasteiger partial charge in [-0.3, -0.25) is 0 Å². The van der Waals surface area contributed by atoms with Gasteiger partial charge in [0.1, 0.15) is 16.5 Å². The molecule has 0 aliphatic heterocycles. The summed E-state index contributed by atoms with van der Waals surface area (Å²) in [6, 6.07) is 10.3. The minimum absolute atomic E-state index is 0.209. The van der Waals surface area contributed by atoms with E-state index in [1.54, 1.807) is 36.4 Å². The molecule has 0 aliphatic rings. The first kappa shape index (κ1) is 22.3. The summed E-state index contributed by atoms with van der Waals surface area (Å²) in [6.45, 7) is 1.38. The maximum Gasteiger partial charge on any atom is 0.417 e. The largest absolute Gasteiger partial charge is 0.479 e. The van der Waals surface area contributed by atoms with Gasteiger partial charge in [0.05, 0.1) is 15.6 Å². The third kappa shape index (κ3) is 4.38. The third-order valence-corrected chi connectivity index (χ3v) is 5.26. The molecule has 158 valence electrons. The fourth-order valence-corrected chi connectivity index (χ4v) is 3.45. The molecule has 1 unspecified atom stereocenters. The highest BCUT2D eigenvalue weighted by Crippen LogP contribution is 2.48. The maximum atomic E-state index is 13.1. The standard InChI is InChI=1S/C20H12Cl3F3O4/c1-9(19(27)28)29-14-6-2-5-11-10(14)4-3-7-15(11)30-18-13(21)8-12(20(24,25)26)16(22)17(18)23/h2-9H,1H3,(H,27,28). The van der Waals surface area contributed by atoms with Crippen LogP contribution in [-0.2, 0) is 11.0 Å². The molecule has 1 atom stereocenters. The second kappa shape index (κ2) is 8.41. The van der Waals surface area contributed by atoms with Gasteiger partial charge in [0.15, 0.2) is 11.9 Å². The summed E-state index contributed by atoms with van der Waals surface area (Å²) in [5.74, 6) is -0.887. The number of ether oxygens (including phenoxy) is 2. The number of carboxylic acids is 1.